The lowest BCUT2D eigenvalue weighted by molar-refractivity contribution is -0.0545. The fraction of sp³-hybridized carbons (Fsp3) is 0.700. The van der Waals surface area contributed by atoms with E-state index in [2.05, 4.69) is 11.8 Å². The number of aryl methyl sites for hydroxylation is 1. The van der Waals surface area contributed by atoms with Gasteiger partial charge >= 0.3 is 0 Å². The second-order valence-electron chi connectivity index (χ2n) is 8.29. The first-order valence-corrected chi connectivity index (χ1v) is 9.46. The molecule has 1 aromatic rings. The summed E-state index contributed by atoms with van der Waals surface area (Å²) in [4.78, 5) is 27.0. The highest BCUT2D eigenvalue weighted by Gasteiger charge is 2.50. The second kappa shape index (κ2) is 5.75. The molecule has 130 valence electrons. The maximum atomic E-state index is 13.2. The summed E-state index contributed by atoms with van der Waals surface area (Å²) in [7, 11) is 1.87. The van der Waals surface area contributed by atoms with Gasteiger partial charge in [-0.05, 0) is 75.7 Å². The normalized spacial score (nSPS) is 33.7. The monoisotopic (exact) mass is 328 g/mol. The van der Waals surface area contributed by atoms with Gasteiger partial charge < -0.3 is 9.47 Å². The lowest BCUT2D eigenvalue weighted by Crippen LogP contribution is -2.57. The average molecular weight is 328 g/mol. The molecule has 24 heavy (non-hydrogen) atoms. The Morgan fingerprint density at radius 2 is 1.71 bits per heavy atom. The number of ketones is 1. The molecule has 0 spiro atoms. The van der Waals surface area contributed by atoms with E-state index in [1.807, 2.05) is 11.6 Å². The minimum absolute atomic E-state index is 0.0160. The van der Waals surface area contributed by atoms with Crippen LogP contribution in [0.2, 0.25) is 0 Å². The number of hydrogen-bond donors (Lipinski definition) is 0. The van der Waals surface area contributed by atoms with Crippen molar-refractivity contribution in [1.29, 1.82) is 0 Å². The highest BCUT2D eigenvalue weighted by atomic mass is 16.2. The zero-order valence-electron chi connectivity index (χ0n) is 15.0. The van der Waals surface area contributed by atoms with Crippen LogP contribution in [0.3, 0.4) is 0 Å². The number of Topliss-reactive ketones (excluding diaryl/α,β-unsaturated/α-hetero) is 1. The summed E-state index contributed by atoms with van der Waals surface area (Å²) in [6.07, 6.45) is 8.46. The smallest absolute Gasteiger partial charge is 0.270 e. The quantitative estimate of drug-likeness (QED) is 0.794. The Bertz CT molecular complexity index is 647. The van der Waals surface area contributed by atoms with Crippen molar-refractivity contribution in [3.8, 4) is 0 Å². The van der Waals surface area contributed by atoms with E-state index < -0.39 is 0 Å². The first kappa shape index (κ1) is 15.9. The first-order valence-electron chi connectivity index (χ1n) is 9.46. The molecule has 0 unspecified atom stereocenters. The van der Waals surface area contributed by atoms with Crippen molar-refractivity contribution in [2.24, 2.45) is 30.7 Å². The van der Waals surface area contributed by atoms with Crippen LogP contribution in [0.1, 0.15) is 66.8 Å². The van der Waals surface area contributed by atoms with E-state index in [0.29, 0.717) is 29.1 Å². The fourth-order valence-corrected chi connectivity index (χ4v) is 6.01. The molecule has 1 heterocycles. The predicted octanol–water partition coefficient (Wildman–Crippen LogP) is 3.51. The molecule has 4 nitrogen and oxygen atoms in total. The molecule has 4 fully saturated rings. The lowest BCUT2D eigenvalue weighted by Gasteiger charge is -2.57. The molecule has 4 heteroatoms. The van der Waals surface area contributed by atoms with Crippen LogP contribution in [0.15, 0.2) is 12.3 Å². The molecule has 0 aromatic carbocycles. The molecule has 0 atom stereocenters. The number of aromatic nitrogens is 1. The zero-order chi connectivity index (χ0) is 17.0. The highest BCUT2D eigenvalue weighted by molar-refractivity contribution is 5.99. The van der Waals surface area contributed by atoms with E-state index in [0.717, 1.165) is 18.4 Å². The van der Waals surface area contributed by atoms with Crippen molar-refractivity contribution in [1.82, 2.24) is 9.47 Å². The first-order chi connectivity index (χ1) is 11.5. The van der Waals surface area contributed by atoms with Crippen molar-refractivity contribution in [2.75, 3.05) is 6.54 Å². The van der Waals surface area contributed by atoms with Gasteiger partial charge in [0.15, 0.2) is 5.78 Å². The summed E-state index contributed by atoms with van der Waals surface area (Å²) in [6, 6.07) is 2.18. The molecular weight excluding hydrogens is 300 g/mol. The van der Waals surface area contributed by atoms with Gasteiger partial charge in [0.05, 0.1) is 0 Å². The van der Waals surface area contributed by atoms with Gasteiger partial charge in [0.2, 0.25) is 0 Å². The molecule has 1 aromatic heterocycles. The SMILES string of the molecule is CCN(C(=O)c1cc(C(C)=O)cn1C)C1C2CC3CC(C2)CC1C3. The minimum Gasteiger partial charge on any atom is -0.346 e. The standard InChI is InChI=1S/C20H28N2O2/c1-4-22(20(24)18-10-17(12(2)23)11-21(18)3)19-15-6-13-5-14(8-15)9-16(19)7-13/h10-11,13-16,19H,4-9H2,1-3H3. The van der Waals surface area contributed by atoms with Crippen LogP contribution in [-0.2, 0) is 7.05 Å². The molecule has 4 aliphatic rings. The van der Waals surface area contributed by atoms with Crippen molar-refractivity contribution in [3.05, 3.63) is 23.5 Å². The van der Waals surface area contributed by atoms with Gasteiger partial charge in [-0.3, -0.25) is 9.59 Å². The van der Waals surface area contributed by atoms with Gasteiger partial charge in [0.25, 0.3) is 5.91 Å². The Kier molecular flexibility index (Phi) is 3.81. The van der Waals surface area contributed by atoms with Crippen LogP contribution in [0, 0.1) is 23.7 Å². The molecule has 4 bridgehead atoms. The average Bonchev–Trinajstić information content (AvgIpc) is 2.92. The van der Waals surface area contributed by atoms with E-state index in [-0.39, 0.29) is 11.7 Å². The number of rotatable bonds is 4. The van der Waals surface area contributed by atoms with Gasteiger partial charge in [-0.1, -0.05) is 0 Å². The second-order valence-corrected chi connectivity index (χ2v) is 8.29. The molecule has 4 aliphatic carbocycles. The summed E-state index contributed by atoms with van der Waals surface area (Å²) in [5.41, 5.74) is 1.28. The van der Waals surface area contributed by atoms with Crippen molar-refractivity contribution in [2.45, 2.75) is 52.0 Å². The number of amides is 1. The maximum absolute atomic E-state index is 13.2. The van der Waals surface area contributed by atoms with E-state index >= 15 is 0 Å². The predicted molar refractivity (Wildman–Crippen MR) is 93.0 cm³/mol. The minimum atomic E-state index is 0.0160. The van der Waals surface area contributed by atoms with Gasteiger partial charge in [0, 0.05) is 31.4 Å². The van der Waals surface area contributed by atoms with Gasteiger partial charge in [-0.15, -0.1) is 0 Å². The largest absolute Gasteiger partial charge is 0.346 e. The molecular formula is C20H28N2O2. The maximum Gasteiger partial charge on any atom is 0.270 e. The number of nitrogens with zero attached hydrogens (tertiary/aromatic N) is 2. The van der Waals surface area contributed by atoms with Crippen LogP contribution >= 0.6 is 0 Å². The molecule has 0 saturated heterocycles. The van der Waals surface area contributed by atoms with E-state index in [1.165, 1.54) is 32.1 Å². The van der Waals surface area contributed by atoms with Crippen molar-refractivity contribution < 1.29 is 9.59 Å². The lowest BCUT2D eigenvalue weighted by atomic mass is 9.54. The van der Waals surface area contributed by atoms with Crippen LogP contribution in [0.4, 0.5) is 0 Å². The van der Waals surface area contributed by atoms with Crippen LogP contribution < -0.4 is 0 Å². The molecule has 4 saturated carbocycles. The van der Waals surface area contributed by atoms with Crippen LogP contribution in [0.25, 0.3) is 0 Å². The summed E-state index contributed by atoms with van der Waals surface area (Å²) in [6.45, 7) is 4.41. The third-order valence-corrected chi connectivity index (χ3v) is 6.77. The van der Waals surface area contributed by atoms with E-state index in [1.54, 1.807) is 19.2 Å². The van der Waals surface area contributed by atoms with Crippen molar-refractivity contribution >= 4 is 11.7 Å². The molecule has 1 amide bonds. The van der Waals surface area contributed by atoms with E-state index in [4.69, 9.17) is 0 Å². The van der Waals surface area contributed by atoms with Crippen molar-refractivity contribution in [3.63, 3.8) is 0 Å². The molecule has 0 N–H and O–H groups in total. The Labute approximate surface area is 144 Å². The van der Waals surface area contributed by atoms with Crippen LogP contribution in [0.5, 0.6) is 0 Å². The third-order valence-electron chi connectivity index (χ3n) is 6.77. The number of carbonyl (C=O) groups is 2. The Morgan fingerprint density at radius 3 is 2.17 bits per heavy atom. The van der Waals surface area contributed by atoms with Gasteiger partial charge in [-0.25, -0.2) is 0 Å². The Balaban J connectivity index is 1.62. The summed E-state index contributed by atoms with van der Waals surface area (Å²) < 4.78 is 1.82. The highest BCUT2D eigenvalue weighted by Crippen LogP contribution is 2.55. The molecule has 0 aliphatic heterocycles. The fourth-order valence-electron chi connectivity index (χ4n) is 6.01. The number of hydrogen-bond acceptors (Lipinski definition) is 2. The Morgan fingerprint density at radius 1 is 1.12 bits per heavy atom. The van der Waals surface area contributed by atoms with E-state index in [9.17, 15) is 9.59 Å². The summed E-state index contributed by atoms with van der Waals surface area (Å²) in [5.74, 6) is 3.33. The molecule has 0 radical (unpaired) electrons. The van der Waals surface area contributed by atoms with Gasteiger partial charge in [-0.2, -0.15) is 0 Å². The molecule has 5 rings (SSSR count). The topological polar surface area (TPSA) is 42.3 Å². The Hall–Kier alpha value is -1.58. The van der Waals surface area contributed by atoms with Gasteiger partial charge in [0.1, 0.15) is 5.69 Å². The zero-order valence-corrected chi connectivity index (χ0v) is 15.0. The summed E-state index contributed by atoms with van der Waals surface area (Å²) in [5, 5.41) is 0. The summed E-state index contributed by atoms with van der Waals surface area (Å²) >= 11 is 0. The third kappa shape index (κ3) is 2.42. The number of carbonyl (C=O) groups excluding carboxylic acids is 2. The van der Waals surface area contributed by atoms with Crippen LogP contribution in [-0.4, -0.2) is 33.7 Å².